The van der Waals surface area contributed by atoms with Gasteiger partial charge in [-0.15, -0.1) is 0 Å². The van der Waals surface area contributed by atoms with Crippen LogP contribution in [0.5, 0.6) is 5.75 Å². The lowest BCUT2D eigenvalue weighted by atomic mass is 9.86. The Labute approximate surface area is 148 Å². The standard InChI is InChI=1S/C19H25N3O3/c1-25-16-6-4-15(5-7-16)22-14-19(12-17(22)23)8-11-21(13-19)18(24)20-9-2-3-10-20/h4-7H,2-3,8-14H2,1H3/t19-/m1/s1. The van der Waals surface area contributed by atoms with Crippen LogP contribution in [0.4, 0.5) is 10.5 Å². The smallest absolute Gasteiger partial charge is 0.320 e. The number of benzene rings is 1. The molecule has 6 nitrogen and oxygen atoms in total. The first-order chi connectivity index (χ1) is 12.1. The lowest BCUT2D eigenvalue weighted by Crippen LogP contribution is -2.42. The second-order valence-electron chi connectivity index (χ2n) is 7.50. The maximum Gasteiger partial charge on any atom is 0.320 e. The van der Waals surface area contributed by atoms with Crippen LogP contribution in [0.25, 0.3) is 0 Å². The molecule has 25 heavy (non-hydrogen) atoms. The molecule has 0 bridgehead atoms. The van der Waals surface area contributed by atoms with Crippen molar-refractivity contribution in [2.24, 2.45) is 5.41 Å². The zero-order chi connectivity index (χ0) is 17.4. The Morgan fingerprint density at radius 1 is 1.04 bits per heavy atom. The first-order valence-corrected chi connectivity index (χ1v) is 9.09. The highest BCUT2D eigenvalue weighted by atomic mass is 16.5. The van der Waals surface area contributed by atoms with Crippen molar-refractivity contribution < 1.29 is 14.3 Å². The van der Waals surface area contributed by atoms with E-state index >= 15 is 0 Å². The van der Waals surface area contributed by atoms with Gasteiger partial charge in [0.1, 0.15) is 5.75 Å². The van der Waals surface area contributed by atoms with E-state index in [2.05, 4.69) is 0 Å². The van der Waals surface area contributed by atoms with Crippen LogP contribution in [0, 0.1) is 5.41 Å². The SMILES string of the molecule is COc1ccc(N2C[C@]3(CCN(C(=O)N4CCCC4)C3)CC2=O)cc1. The minimum atomic E-state index is -0.0909. The fraction of sp³-hybridized carbons (Fsp3) is 0.579. The van der Waals surface area contributed by atoms with E-state index in [1.165, 1.54) is 0 Å². The highest BCUT2D eigenvalue weighted by Crippen LogP contribution is 2.42. The lowest BCUT2D eigenvalue weighted by molar-refractivity contribution is -0.117. The minimum absolute atomic E-state index is 0.0909. The van der Waals surface area contributed by atoms with Gasteiger partial charge in [-0.3, -0.25) is 4.79 Å². The number of hydrogen-bond acceptors (Lipinski definition) is 3. The van der Waals surface area contributed by atoms with Gasteiger partial charge in [0.15, 0.2) is 0 Å². The van der Waals surface area contributed by atoms with Crippen molar-refractivity contribution in [1.29, 1.82) is 0 Å². The van der Waals surface area contributed by atoms with Crippen LogP contribution in [-0.2, 0) is 4.79 Å². The van der Waals surface area contributed by atoms with Crippen LogP contribution >= 0.6 is 0 Å². The maximum absolute atomic E-state index is 12.6. The minimum Gasteiger partial charge on any atom is -0.497 e. The number of ether oxygens (including phenoxy) is 1. The molecule has 0 saturated carbocycles. The fourth-order valence-corrected chi connectivity index (χ4v) is 4.37. The van der Waals surface area contributed by atoms with Gasteiger partial charge in [0.25, 0.3) is 0 Å². The van der Waals surface area contributed by atoms with Gasteiger partial charge >= 0.3 is 6.03 Å². The third-order valence-corrected chi connectivity index (χ3v) is 5.79. The lowest BCUT2D eigenvalue weighted by Gasteiger charge is -2.27. The highest BCUT2D eigenvalue weighted by molar-refractivity contribution is 5.96. The number of carbonyl (C=O) groups excluding carboxylic acids is 2. The van der Waals surface area contributed by atoms with Crippen molar-refractivity contribution in [3.63, 3.8) is 0 Å². The van der Waals surface area contributed by atoms with E-state index < -0.39 is 0 Å². The average molecular weight is 343 g/mol. The number of nitrogens with zero attached hydrogens (tertiary/aromatic N) is 3. The van der Waals surface area contributed by atoms with Crippen molar-refractivity contribution in [1.82, 2.24) is 9.80 Å². The second kappa shape index (κ2) is 6.24. The monoisotopic (exact) mass is 343 g/mol. The van der Waals surface area contributed by atoms with Crippen molar-refractivity contribution >= 4 is 17.6 Å². The second-order valence-corrected chi connectivity index (χ2v) is 7.50. The van der Waals surface area contributed by atoms with Gasteiger partial charge in [0, 0.05) is 50.2 Å². The Bertz CT molecular complexity index is 669. The van der Waals surface area contributed by atoms with Crippen molar-refractivity contribution in [2.45, 2.75) is 25.7 Å². The molecule has 1 aromatic carbocycles. The summed E-state index contributed by atoms with van der Waals surface area (Å²) in [5.74, 6) is 0.939. The maximum atomic E-state index is 12.6. The molecular weight excluding hydrogens is 318 g/mol. The summed E-state index contributed by atoms with van der Waals surface area (Å²) < 4.78 is 5.19. The zero-order valence-corrected chi connectivity index (χ0v) is 14.7. The third kappa shape index (κ3) is 2.94. The summed E-state index contributed by atoms with van der Waals surface area (Å²) in [6.07, 6.45) is 3.65. The van der Waals surface area contributed by atoms with E-state index in [1.807, 2.05) is 39.0 Å². The van der Waals surface area contributed by atoms with Crippen LogP contribution in [0.2, 0.25) is 0 Å². The summed E-state index contributed by atoms with van der Waals surface area (Å²) in [7, 11) is 1.63. The fourth-order valence-electron chi connectivity index (χ4n) is 4.37. The van der Waals surface area contributed by atoms with Crippen LogP contribution in [-0.4, -0.2) is 61.6 Å². The van der Waals surface area contributed by atoms with Crippen LogP contribution in [0.15, 0.2) is 24.3 Å². The first kappa shape index (κ1) is 16.2. The predicted molar refractivity (Wildman–Crippen MR) is 94.8 cm³/mol. The number of rotatable bonds is 2. The van der Waals surface area contributed by atoms with Gasteiger partial charge in [-0.1, -0.05) is 0 Å². The zero-order valence-electron chi connectivity index (χ0n) is 14.7. The molecule has 3 aliphatic heterocycles. The van der Waals surface area contributed by atoms with E-state index in [0.717, 1.165) is 50.3 Å². The van der Waals surface area contributed by atoms with Crippen LogP contribution in [0.1, 0.15) is 25.7 Å². The number of hydrogen-bond donors (Lipinski definition) is 0. The molecule has 1 aromatic rings. The first-order valence-electron chi connectivity index (χ1n) is 9.09. The highest BCUT2D eigenvalue weighted by Gasteiger charge is 2.49. The summed E-state index contributed by atoms with van der Waals surface area (Å²) in [4.78, 5) is 31.0. The number of carbonyl (C=O) groups is 2. The molecule has 3 saturated heterocycles. The summed E-state index contributed by atoms with van der Waals surface area (Å²) in [6.45, 7) is 3.90. The van der Waals surface area contributed by atoms with E-state index in [1.54, 1.807) is 7.11 Å². The van der Waals surface area contributed by atoms with Gasteiger partial charge in [-0.2, -0.15) is 0 Å². The Morgan fingerprint density at radius 2 is 1.76 bits per heavy atom. The Morgan fingerprint density at radius 3 is 2.44 bits per heavy atom. The van der Waals surface area contributed by atoms with Crippen molar-refractivity contribution in [2.75, 3.05) is 44.7 Å². The predicted octanol–water partition coefficient (Wildman–Crippen LogP) is 2.34. The largest absolute Gasteiger partial charge is 0.497 e. The molecule has 0 aliphatic carbocycles. The van der Waals surface area contributed by atoms with Crippen LogP contribution in [0.3, 0.4) is 0 Å². The van der Waals surface area contributed by atoms with E-state index in [9.17, 15) is 9.59 Å². The quantitative estimate of drug-likeness (QED) is 0.828. The molecule has 1 atom stereocenters. The number of likely N-dealkylation sites (tertiary alicyclic amines) is 2. The molecule has 0 N–H and O–H groups in total. The molecule has 134 valence electrons. The topological polar surface area (TPSA) is 53.1 Å². The van der Waals surface area contributed by atoms with E-state index in [4.69, 9.17) is 4.74 Å². The number of amides is 3. The van der Waals surface area contributed by atoms with Crippen LogP contribution < -0.4 is 9.64 Å². The Balaban J connectivity index is 1.45. The molecule has 4 rings (SSSR count). The molecule has 1 spiro atoms. The van der Waals surface area contributed by atoms with E-state index in [0.29, 0.717) is 19.5 Å². The number of urea groups is 1. The summed E-state index contributed by atoms with van der Waals surface area (Å²) in [6, 6.07) is 7.77. The number of methoxy groups -OCH3 is 1. The van der Waals surface area contributed by atoms with E-state index in [-0.39, 0.29) is 17.4 Å². The van der Waals surface area contributed by atoms with Gasteiger partial charge in [0.2, 0.25) is 5.91 Å². The molecule has 0 unspecified atom stereocenters. The van der Waals surface area contributed by atoms with Gasteiger partial charge in [0.05, 0.1) is 7.11 Å². The van der Waals surface area contributed by atoms with Gasteiger partial charge in [-0.05, 0) is 43.5 Å². The van der Waals surface area contributed by atoms with Gasteiger partial charge < -0.3 is 19.4 Å². The molecule has 6 heteroatoms. The molecule has 0 aromatic heterocycles. The summed E-state index contributed by atoms with van der Waals surface area (Å²) in [5.41, 5.74) is 0.818. The molecule has 3 fully saturated rings. The van der Waals surface area contributed by atoms with Gasteiger partial charge in [-0.25, -0.2) is 4.79 Å². The molecule has 3 amide bonds. The Kier molecular flexibility index (Phi) is 4.06. The normalized spacial score (nSPS) is 26.1. The molecule has 3 heterocycles. The molecule has 3 aliphatic rings. The number of anilines is 1. The summed E-state index contributed by atoms with van der Waals surface area (Å²) in [5, 5.41) is 0. The molecule has 0 radical (unpaired) electrons. The summed E-state index contributed by atoms with van der Waals surface area (Å²) >= 11 is 0. The molecular formula is C19H25N3O3. The average Bonchev–Trinajstić information content (AvgIpc) is 3.36. The Hall–Kier alpha value is -2.24. The van der Waals surface area contributed by atoms with Crippen molar-refractivity contribution in [3.05, 3.63) is 24.3 Å². The third-order valence-electron chi connectivity index (χ3n) is 5.79. The van der Waals surface area contributed by atoms with Crippen molar-refractivity contribution in [3.8, 4) is 5.75 Å².